The highest BCUT2D eigenvalue weighted by Gasteiger charge is 2.65. The minimum Gasteiger partial charge on any atom is -0.373 e. The molecule has 1 aromatic carbocycles. The van der Waals surface area contributed by atoms with Crippen molar-refractivity contribution in [2.45, 2.75) is 25.0 Å². The van der Waals surface area contributed by atoms with Crippen LogP contribution in [0.5, 0.6) is 0 Å². The number of amides is 2. The first-order valence-corrected chi connectivity index (χ1v) is 7.50. The van der Waals surface area contributed by atoms with Gasteiger partial charge < -0.3 is 9.57 Å². The molecule has 3 aliphatic heterocycles. The number of rotatable bonds is 2. The van der Waals surface area contributed by atoms with Crippen LogP contribution in [0.2, 0.25) is 0 Å². The topological polar surface area (TPSA) is 72.9 Å². The fourth-order valence-electron chi connectivity index (χ4n) is 4.09. The van der Waals surface area contributed by atoms with E-state index in [4.69, 9.17) is 9.57 Å². The van der Waals surface area contributed by atoms with Crippen LogP contribution in [0.1, 0.15) is 33.6 Å². The van der Waals surface area contributed by atoms with Crippen LogP contribution in [0.3, 0.4) is 0 Å². The Bertz CT molecular complexity index is 694. The molecule has 1 aliphatic carbocycles. The number of hydrogen-bond donors (Lipinski definition) is 0. The van der Waals surface area contributed by atoms with Crippen molar-refractivity contribution >= 4 is 17.8 Å². The summed E-state index contributed by atoms with van der Waals surface area (Å²) in [6.45, 7) is 0. The maximum atomic E-state index is 12.3. The van der Waals surface area contributed by atoms with Gasteiger partial charge in [0.1, 0.15) is 0 Å². The number of hydroxylamine groups is 2. The molecule has 112 valence electrons. The first kappa shape index (κ1) is 12.3. The van der Waals surface area contributed by atoms with Crippen LogP contribution in [0.15, 0.2) is 24.3 Å². The zero-order valence-electron chi connectivity index (χ0n) is 11.6. The standard InChI is InChI=1S/C16H13NO5/c18-14-7-3-1-2-4-8(7)15(19)17(14)22-16(20)11-6-12-9-5-10(9)13(11)21-12/h1-4,9-13H,5-6H2/t9-,10+,11-,12+,13+/m1/s1. The van der Waals surface area contributed by atoms with Crippen molar-refractivity contribution in [3.63, 3.8) is 0 Å². The molecule has 3 fully saturated rings. The van der Waals surface area contributed by atoms with Crippen LogP contribution in [0.25, 0.3) is 0 Å². The molecule has 2 saturated heterocycles. The van der Waals surface area contributed by atoms with Gasteiger partial charge in [-0.2, -0.15) is 0 Å². The second-order valence-corrected chi connectivity index (χ2v) is 6.41. The minimum atomic E-state index is -0.581. The third kappa shape index (κ3) is 1.45. The molecule has 3 heterocycles. The van der Waals surface area contributed by atoms with Crippen molar-refractivity contribution in [3.05, 3.63) is 35.4 Å². The lowest BCUT2D eigenvalue weighted by Crippen LogP contribution is -2.38. The van der Waals surface area contributed by atoms with Gasteiger partial charge in [-0.3, -0.25) is 9.59 Å². The zero-order chi connectivity index (χ0) is 15.0. The Morgan fingerprint density at radius 2 is 1.77 bits per heavy atom. The number of hydrogen-bond acceptors (Lipinski definition) is 5. The lowest BCUT2D eigenvalue weighted by atomic mass is 9.89. The average molecular weight is 299 g/mol. The van der Waals surface area contributed by atoms with E-state index in [1.807, 2.05) is 0 Å². The van der Waals surface area contributed by atoms with Gasteiger partial charge in [0, 0.05) is 0 Å². The van der Waals surface area contributed by atoms with Crippen LogP contribution < -0.4 is 0 Å². The molecule has 1 aromatic rings. The number of imide groups is 1. The first-order valence-electron chi connectivity index (χ1n) is 7.50. The quantitative estimate of drug-likeness (QED) is 0.766. The van der Waals surface area contributed by atoms with Gasteiger partial charge in [-0.25, -0.2) is 4.79 Å². The monoisotopic (exact) mass is 299 g/mol. The van der Waals surface area contributed by atoms with Gasteiger partial charge in [-0.1, -0.05) is 17.2 Å². The highest BCUT2D eigenvalue weighted by atomic mass is 16.7. The maximum absolute atomic E-state index is 12.3. The van der Waals surface area contributed by atoms with Crippen LogP contribution in [-0.2, 0) is 14.4 Å². The molecule has 0 N–H and O–H groups in total. The Hall–Kier alpha value is -2.21. The summed E-state index contributed by atoms with van der Waals surface area (Å²) in [6.07, 6.45) is 1.80. The van der Waals surface area contributed by atoms with Crippen molar-refractivity contribution < 1.29 is 24.0 Å². The maximum Gasteiger partial charge on any atom is 0.338 e. The highest BCUT2D eigenvalue weighted by molar-refractivity contribution is 6.20. The Balaban J connectivity index is 1.36. The summed E-state index contributed by atoms with van der Waals surface area (Å²) in [6, 6.07) is 6.45. The van der Waals surface area contributed by atoms with E-state index in [1.165, 1.54) is 0 Å². The second-order valence-electron chi connectivity index (χ2n) is 6.41. The van der Waals surface area contributed by atoms with Gasteiger partial charge in [0.25, 0.3) is 11.8 Å². The number of nitrogens with zero attached hydrogens (tertiary/aromatic N) is 1. The normalized spacial score (nSPS) is 37.3. The van der Waals surface area contributed by atoms with Crippen molar-refractivity contribution in [3.8, 4) is 0 Å². The smallest absolute Gasteiger partial charge is 0.338 e. The first-order chi connectivity index (χ1) is 10.6. The van der Waals surface area contributed by atoms with E-state index < -0.39 is 17.8 Å². The third-order valence-electron chi connectivity index (χ3n) is 5.25. The van der Waals surface area contributed by atoms with Gasteiger partial charge in [0.05, 0.1) is 29.3 Å². The summed E-state index contributed by atoms with van der Waals surface area (Å²) < 4.78 is 5.76. The predicted molar refractivity (Wildman–Crippen MR) is 71.4 cm³/mol. The lowest BCUT2D eigenvalue weighted by Gasteiger charge is -2.19. The van der Waals surface area contributed by atoms with Gasteiger partial charge in [0.15, 0.2) is 0 Å². The Labute approximate surface area is 125 Å². The molecule has 0 radical (unpaired) electrons. The number of carbonyl (C=O) groups is 3. The van der Waals surface area contributed by atoms with E-state index in [1.54, 1.807) is 24.3 Å². The van der Waals surface area contributed by atoms with Gasteiger partial charge in [-0.05, 0) is 36.8 Å². The van der Waals surface area contributed by atoms with E-state index in [2.05, 4.69) is 0 Å². The molecule has 0 unspecified atom stereocenters. The molecular formula is C16H13NO5. The molecule has 5 rings (SSSR count). The average Bonchev–Trinajstić information content (AvgIpc) is 3.06. The summed E-state index contributed by atoms with van der Waals surface area (Å²) in [5, 5.41) is 0.587. The molecule has 0 aromatic heterocycles. The number of benzene rings is 1. The van der Waals surface area contributed by atoms with E-state index >= 15 is 0 Å². The van der Waals surface area contributed by atoms with Crippen LogP contribution in [-0.4, -0.2) is 35.1 Å². The van der Waals surface area contributed by atoms with Crippen molar-refractivity contribution in [2.24, 2.45) is 17.8 Å². The minimum absolute atomic E-state index is 0.0994. The molecule has 0 spiro atoms. The molecule has 2 amide bonds. The van der Waals surface area contributed by atoms with E-state index in [0.29, 0.717) is 23.3 Å². The number of ether oxygens (including phenoxy) is 1. The molecule has 6 heteroatoms. The Kier molecular flexibility index (Phi) is 2.22. The van der Waals surface area contributed by atoms with Crippen molar-refractivity contribution in [1.82, 2.24) is 5.06 Å². The van der Waals surface area contributed by atoms with Crippen molar-refractivity contribution in [2.75, 3.05) is 0 Å². The second kappa shape index (κ2) is 3.95. The van der Waals surface area contributed by atoms with Gasteiger partial charge >= 0.3 is 5.97 Å². The van der Waals surface area contributed by atoms with Crippen LogP contribution in [0.4, 0.5) is 0 Å². The van der Waals surface area contributed by atoms with E-state index in [9.17, 15) is 14.4 Å². The van der Waals surface area contributed by atoms with Crippen LogP contribution >= 0.6 is 0 Å². The molecule has 22 heavy (non-hydrogen) atoms. The predicted octanol–water partition coefficient (Wildman–Crippen LogP) is 1.16. The van der Waals surface area contributed by atoms with Crippen LogP contribution in [0, 0.1) is 17.8 Å². The Morgan fingerprint density at radius 3 is 2.36 bits per heavy atom. The number of fused-ring (bicyclic) bond motifs is 6. The van der Waals surface area contributed by atoms with E-state index in [0.717, 1.165) is 6.42 Å². The molecular weight excluding hydrogens is 286 g/mol. The Morgan fingerprint density at radius 1 is 1.09 bits per heavy atom. The fourth-order valence-corrected chi connectivity index (χ4v) is 4.09. The SMILES string of the molecule is O=C(ON1C(=O)c2ccccc2C1=O)[C@@H]1C[C@@H]2O[C@H]1[C@H]1C[C@H]12. The zero-order valence-corrected chi connectivity index (χ0v) is 11.6. The summed E-state index contributed by atoms with van der Waals surface area (Å²) in [5.74, 6) is -0.998. The van der Waals surface area contributed by atoms with Crippen molar-refractivity contribution in [1.29, 1.82) is 0 Å². The number of carbonyl (C=O) groups excluding carboxylic acids is 3. The molecule has 4 aliphatic rings. The molecule has 6 nitrogen and oxygen atoms in total. The highest BCUT2D eigenvalue weighted by Crippen LogP contribution is 2.60. The fraction of sp³-hybridized carbons (Fsp3) is 0.438. The third-order valence-corrected chi connectivity index (χ3v) is 5.25. The lowest BCUT2D eigenvalue weighted by molar-refractivity contribution is -0.175. The molecule has 2 bridgehead atoms. The van der Waals surface area contributed by atoms with Gasteiger partial charge in [0.2, 0.25) is 0 Å². The largest absolute Gasteiger partial charge is 0.373 e. The summed E-state index contributed by atoms with van der Waals surface area (Å²) >= 11 is 0. The molecule has 1 saturated carbocycles. The molecule has 5 atom stereocenters. The summed E-state index contributed by atoms with van der Waals surface area (Å²) in [4.78, 5) is 41.9. The summed E-state index contributed by atoms with van der Waals surface area (Å²) in [7, 11) is 0. The van der Waals surface area contributed by atoms with E-state index in [-0.39, 0.29) is 29.3 Å². The summed E-state index contributed by atoms with van der Waals surface area (Å²) in [5.41, 5.74) is 0.540. The van der Waals surface area contributed by atoms with Gasteiger partial charge in [-0.15, -0.1) is 0 Å².